The lowest BCUT2D eigenvalue weighted by Crippen LogP contribution is -2.49. The van der Waals surface area contributed by atoms with Crippen LogP contribution in [-0.2, 0) is 17.5 Å². The van der Waals surface area contributed by atoms with E-state index in [-0.39, 0.29) is 11.4 Å². The van der Waals surface area contributed by atoms with E-state index in [2.05, 4.69) is 5.10 Å². The van der Waals surface area contributed by atoms with Gasteiger partial charge in [0.25, 0.3) is 5.75 Å². The van der Waals surface area contributed by atoms with Gasteiger partial charge in [-0.2, -0.15) is 18.3 Å². The van der Waals surface area contributed by atoms with Crippen LogP contribution in [0.3, 0.4) is 0 Å². The number of rotatable bonds is 5. The maximum absolute atomic E-state index is 13.5. The molecule has 1 aliphatic rings. The number of nitrogens with zero attached hydrogens (tertiary/aromatic N) is 4. The third-order valence-corrected chi connectivity index (χ3v) is 6.51. The molecule has 1 aliphatic heterocycles. The fraction of sp³-hybridized carbons (Fsp3) is 0.304. The van der Waals surface area contributed by atoms with Crippen LogP contribution < -0.4 is 4.90 Å². The smallest absolute Gasteiger partial charge is 0.436 e. The summed E-state index contributed by atoms with van der Waals surface area (Å²) in [6.07, 6.45) is -6.35. The SMILES string of the molecule is O=C(Cn1nc(C(F)(F)F)c(Cl)c1C(O)c1ccccc1)N1CCN(c2ccc(Cl)c([OH2+])c2)CC1. The Labute approximate surface area is 208 Å². The van der Waals surface area contributed by atoms with Crippen molar-refractivity contribution in [2.45, 2.75) is 18.8 Å². The summed E-state index contributed by atoms with van der Waals surface area (Å²) in [5.74, 6) is -0.250. The number of aliphatic hydroxyl groups is 1. The first-order valence-corrected chi connectivity index (χ1v) is 11.4. The second-order valence-electron chi connectivity index (χ2n) is 8.05. The Morgan fingerprint density at radius 1 is 1.09 bits per heavy atom. The van der Waals surface area contributed by atoms with Gasteiger partial charge in [0.05, 0.1) is 16.8 Å². The zero-order valence-electron chi connectivity index (χ0n) is 18.3. The zero-order valence-corrected chi connectivity index (χ0v) is 19.8. The highest BCUT2D eigenvalue weighted by molar-refractivity contribution is 6.32. The van der Waals surface area contributed by atoms with Crippen molar-refractivity contribution in [3.63, 3.8) is 0 Å². The summed E-state index contributed by atoms with van der Waals surface area (Å²) in [4.78, 5) is 16.5. The van der Waals surface area contributed by atoms with Gasteiger partial charge in [0.15, 0.2) is 5.69 Å². The lowest BCUT2D eigenvalue weighted by molar-refractivity contribution is -0.142. The van der Waals surface area contributed by atoms with Crippen molar-refractivity contribution in [3.8, 4) is 5.75 Å². The van der Waals surface area contributed by atoms with Crippen LogP contribution in [0.25, 0.3) is 0 Å². The summed E-state index contributed by atoms with van der Waals surface area (Å²) >= 11 is 11.9. The Morgan fingerprint density at radius 3 is 2.34 bits per heavy atom. The molecule has 1 unspecified atom stereocenters. The first kappa shape index (κ1) is 25.2. The third kappa shape index (κ3) is 5.34. The minimum absolute atomic E-state index is 0.197. The number of alkyl halides is 3. The average molecular weight is 530 g/mol. The average Bonchev–Trinajstić information content (AvgIpc) is 3.17. The second kappa shape index (κ2) is 9.96. The summed E-state index contributed by atoms with van der Waals surface area (Å²) in [6, 6.07) is 13.1. The fourth-order valence-electron chi connectivity index (χ4n) is 3.96. The fourth-order valence-corrected chi connectivity index (χ4v) is 4.42. The van der Waals surface area contributed by atoms with Crippen molar-refractivity contribution in [2.24, 2.45) is 0 Å². The molecule has 0 spiro atoms. The number of halogens is 5. The van der Waals surface area contributed by atoms with Crippen LogP contribution in [0.4, 0.5) is 18.9 Å². The van der Waals surface area contributed by atoms with Gasteiger partial charge in [0.2, 0.25) is 5.91 Å². The predicted octanol–water partition coefficient (Wildman–Crippen LogP) is 4.08. The van der Waals surface area contributed by atoms with Crippen LogP contribution >= 0.6 is 23.2 Å². The number of amides is 1. The van der Waals surface area contributed by atoms with E-state index in [1.165, 1.54) is 4.90 Å². The van der Waals surface area contributed by atoms with Gasteiger partial charge in [-0.1, -0.05) is 53.5 Å². The Bertz CT molecular complexity index is 1210. The van der Waals surface area contributed by atoms with Crippen LogP contribution in [0.15, 0.2) is 48.5 Å². The van der Waals surface area contributed by atoms with E-state index in [4.69, 9.17) is 28.3 Å². The van der Waals surface area contributed by atoms with Crippen LogP contribution in [-0.4, -0.2) is 57.0 Å². The molecule has 1 fully saturated rings. The summed E-state index contributed by atoms with van der Waals surface area (Å²) in [6.45, 7) is 1.09. The van der Waals surface area contributed by atoms with Crippen LogP contribution in [0.2, 0.25) is 10.0 Å². The number of piperazine rings is 1. The van der Waals surface area contributed by atoms with Crippen molar-refractivity contribution in [3.05, 3.63) is 75.5 Å². The molecule has 3 aromatic rings. The van der Waals surface area contributed by atoms with Gasteiger partial charge in [-0.15, -0.1) is 0 Å². The van der Waals surface area contributed by atoms with E-state index in [0.717, 1.165) is 10.4 Å². The molecule has 12 heteroatoms. The quantitative estimate of drug-likeness (QED) is 0.504. The number of aliphatic hydroxyl groups excluding tert-OH is 1. The molecule has 2 heterocycles. The van der Waals surface area contributed by atoms with E-state index in [1.54, 1.807) is 48.5 Å². The Morgan fingerprint density at radius 2 is 1.74 bits per heavy atom. The van der Waals surface area contributed by atoms with Crippen molar-refractivity contribution < 1.29 is 28.2 Å². The molecule has 7 nitrogen and oxygen atoms in total. The maximum Gasteiger partial charge on any atom is 0.436 e. The number of hydrogen-bond donors (Lipinski definition) is 1. The normalized spacial score (nSPS) is 15.4. The van der Waals surface area contributed by atoms with Crippen molar-refractivity contribution in [1.29, 1.82) is 0 Å². The highest BCUT2D eigenvalue weighted by Gasteiger charge is 2.40. The van der Waals surface area contributed by atoms with Gasteiger partial charge >= 0.3 is 6.18 Å². The van der Waals surface area contributed by atoms with E-state index in [1.807, 2.05) is 4.90 Å². The van der Waals surface area contributed by atoms with Crippen molar-refractivity contribution in [1.82, 2.24) is 14.7 Å². The van der Waals surface area contributed by atoms with E-state index >= 15 is 0 Å². The monoisotopic (exact) mass is 529 g/mol. The van der Waals surface area contributed by atoms with Crippen LogP contribution in [0.5, 0.6) is 5.75 Å². The first-order chi connectivity index (χ1) is 16.6. The molecule has 1 aromatic heterocycles. The summed E-state index contributed by atoms with van der Waals surface area (Å²) < 4.78 is 41.3. The Hall–Kier alpha value is -2.95. The number of carbonyl (C=O) groups excluding carboxylic acids is 1. The van der Waals surface area contributed by atoms with Gasteiger partial charge in [-0.05, 0) is 17.7 Å². The lowest BCUT2D eigenvalue weighted by atomic mass is 10.1. The highest BCUT2D eigenvalue weighted by Crippen LogP contribution is 2.39. The number of benzene rings is 2. The molecule has 186 valence electrons. The molecule has 0 aliphatic carbocycles. The highest BCUT2D eigenvalue weighted by atomic mass is 35.5. The van der Waals surface area contributed by atoms with Gasteiger partial charge in [-0.25, -0.2) is 0 Å². The van der Waals surface area contributed by atoms with Crippen molar-refractivity contribution in [2.75, 3.05) is 31.1 Å². The first-order valence-electron chi connectivity index (χ1n) is 10.7. The van der Waals surface area contributed by atoms with E-state index in [9.17, 15) is 23.1 Å². The topological polar surface area (TPSA) is 84.5 Å². The minimum Gasteiger partial charge on any atom is -0.592 e. The number of carbonyl (C=O) groups is 1. The number of hydrogen-bond acceptors (Lipinski definition) is 4. The predicted molar refractivity (Wildman–Crippen MR) is 126 cm³/mol. The van der Waals surface area contributed by atoms with Crippen LogP contribution in [0, 0.1) is 0 Å². The molecule has 35 heavy (non-hydrogen) atoms. The standard InChI is InChI=1S/C23H21Cl2F3N4O3/c24-16-7-6-15(12-17(16)33)30-8-10-31(11-9-30)18(34)13-32-20(19(25)22(29-32)23(26,27)28)21(35)14-4-2-1-3-5-14/h1-7,12,21,33,35H,8-11,13H2/p+1. The molecule has 1 saturated heterocycles. The molecule has 3 N–H and O–H groups in total. The molecule has 2 aromatic carbocycles. The number of anilines is 1. The van der Waals surface area contributed by atoms with Gasteiger partial charge in [0.1, 0.15) is 17.7 Å². The van der Waals surface area contributed by atoms with Gasteiger partial charge in [-0.3, -0.25) is 9.48 Å². The summed E-state index contributed by atoms with van der Waals surface area (Å²) in [5, 5.41) is 21.8. The summed E-state index contributed by atoms with van der Waals surface area (Å²) in [5.41, 5.74) is -0.521. The number of aromatic nitrogens is 2. The molecule has 0 saturated carbocycles. The van der Waals surface area contributed by atoms with Crippen molar-refractivity contribution >= 4 is 34.8 Å². The second-order valence-corrected chi connectivity index (χ2v) is 8.83. The van der Waals surface area contributed by atoms with E-state index < -0.39 is 35.4 Å². The molecular formula is C23H22Cl2F3N4O3+. The lowest BCUT2D eigenvalue weighted by Gasteiger charge is -2.36. The molecule has 1 atom stereocenters. The molecule has 4 rings (SSSR count). The molecular weight excluding hydrogens is 508 g/mol. The minimum atomic E-state index is -4.85. The van der Waals surface area contributed by atoms with Gasteiger partial charge in [0, 0.05) is 31.9 Å². The Kier molecular flexibility index (Phi) is 7.16. The molecule has 0 bridgehead atoms. The molecule has 0 radical (unpaired) electrons. The zero-order chi connectivity index (χ0) is 25.3. The van der Waals surface area contributed by atoms with E-state index in [0.29, 0.717) is 36.8 Å². The largest absolute Gasteiger partial charge is 0.592 e. The molecule has 1 amide bonds. The van der Waals surface area contributed by atoms with Crippen LogP contribution in [0.1, 0.15) is 23.1 Å². The Balaban J connectivity index is 1.52. The summed E-state index contributed by atoms with van der Waals surface area (Å²) in [7, 11) is 0. The third-order valence-electron chi connectivity index (χ3n) is 5.81. The van der Waals surface area contributed by atoms with Gasteiger partial charge < -0.3 is 20.0 Å². The maximum atomic E-state index is 13.5.